The number of hydrogen-bond acceptors (Lipinski definition) is 3. The van der Waals surface area contributed by atoms with Crippen LogP contribution in [0.4, 0.5) is 5.82 Å². The van der Waals surface area contributed by atoms with E-state index in [1.807, 2.05) is 6.07 Å². The molecule has 1 heterocycles. The number of nitrogens with zero attached hydrogens (tertiary/aromatic N) is 2. The van der Waals surface area contributed by atoms with Gasteiger partial charge in [0.05, 0.1) is 11.6 Å². The molecule has 0 saturated heterocycles. The summed E-state index contributed by atoms with van der Waals surface area (Å²) in [5.41, 5.74) is 1.09. The fraction of sp³-hybridized carbons (Fsp3) is 0.533. The van der Waals surface area contributed by atoms with Crippen molar-refractivity contribution < 1.29 is 0 Å². The second-order valence-corrected chi connectivity index (χ2v) is 5.32. The molecular weight excluding hydrogens is 258 g/mol. The zero-order valence-corrected chi connectivity index (χ0v) is 12.1. The number of nitrogens with one attached hydrogen (secondary N) is 1. The summed E-state index contributed by atoms with van der Waals surface area (Å²) in [5.74, 6) is 3.60. The number of rotatable bonds is 7. The molecule has 0 aromatic carbocycles. The molecule has 102 valence electrons. The van der Waals surface area contributed by atoms with E-state index in [1.165, 1.54) is 12.8 Å². The van der Waals surface area contributed by atoms with Gasteiger partial charge in [0, 0.05) is 25.3 Å². The maximum atomic E-state index is 6.20. The van der Waals surface area contributed by atoms with Gasteiger partial charge in [-0.1, -0.05) is 24.4 Å². The summed E-state index contributed by atoms with van der Waals surface area (Å²) < 4.78 is 0. The van der Waals surface area contributed by atoms with E-state index in [0.717, 1.165) is 30.9 Å². The summed E-state index contributed by atoms with van der Waals surface area (Å²) in [6.45, 7) is 4.43. The Morgan fingerprint density at radius 3 is 3.00 bits per heavy atom. The lowest BCUT2D eigenvalue weighted by Gasteiger charge is -2.21. The molecule has 0 amide bonds. The molecular formula is C15H20ClN3. The van der Waals surface area contributed by atoms with Crippen molar-refractivity contribution in [3.05, 3.63) is 22.8 Å². The monoisotopic (exact) mass is 277 g/mol. The van der Waals surface area contributed by atoms with Gasteiger partial charge >= 0.3 is 0 Å². The molecule has 0 atom stereocenters. The molecule has 0 unspecified atom stereocenters. The maximum absolute atomic E-state index is 6.20. The highest BCUT2D eigenvalue weighted by Gasteiger charge is 2.20. The van der Waals surface area contributed by atoms with Crippen LogP contribution in [0.15, 0.2) is 12.3 Å². The molecule has 4 heteroatoms. The number of aromatic nitrogens is 1. The predicted octanol–water partition coefficient (Wildman–Crippen LogP) is 2.84. The normalized spacial score (nSPS) is 14.2. The molecule has 19 heavy (non-hydrogen) atoms. The minimum Gasteiger partial charge on any atom is -0.345 e. The third-order valence-corrected chi connectivity index (χ3v) is 3.52. The molecule has 0 aliphatic heterocycles. The minimum absolute atomic E-state index is 0.581. The van der Waals surface area contributed by atoms with Gasteiger partial charge in [0.25, 0.3) is 0 Å². The van der Waals surface area contributed by atoms with E-state index in [0.29, 0.717) is 17.6 Å². The molecule has 1 saturated carbocycles. The number of halogens is 1. The standard InChI is InChI=1S/C15H20ClN3/c1-3-7-19(8-4-2)15-9-12(14(16)11-18-15)10-17-13-5-6-13/h1,9,11,13,17H,4-8,10H2,2H3. The second-order valence-electron chi connectivity index (χ2n) is 4.91. The van der Waals surface area contributed by atoms with Crippen LogP contribution in [0.2, 0.25) is 5.02 Å². The summed E-state index contributed by atoms with van der Waals surface area (Å²) in [4.78, 5) is 6.50. The van der Waals surface area contributed by atoms with Crippen molar-refractivity contribution in [1.29, 1.82) is 0 Å². The lowest BCUT2D eigenvalue weighted by atomic mass is 10.2. The number of terminal acetylenes is 1. The number of pyridine rings is 1. The molecule has 1 aromatic heterocycles. The Kier molecular flexibility index (Phi) is 5.07. The van der Waals surface area contributed by atoms with E-state index in [4.69, 9.17) is 18.0 Å². The van der Waals surface area contributed by atoms with Crippen LogP contribution in [-0.2, 0) is 6.54 Å². The Labute approximate surface area is 120 Å². The van der Waals surface area contributed by atoms with Crippen molar-refractivity contribution in [2.24, 2.45) is 0 Å². The fourth-order valence-corrected chi connectivity index (χ4v) is 2.14. The Morgan fingerprint density at radius 1 is 1.58 bits per heavy atom. The summed E-state index contributed by atoms with van der Waals surface area (Å²) in [6, 6.07) is 2.72. The van der Waals surface area contributed by atoms with Crippen LogP contribution in [0.3, 0.4) is 0 Å². The first-order valence-corrected chi connectivity index (χ1v) is 7.18. The summed E-state index contributed by atoms with van der Waals surface area (Å²) >= 11 is 6.20. The van der Waals surface area contributed by atoms with Crippen molar-refractivity contribution >= 4 is 17.4 Å². The number of anilines is 1. The zero-order valence-electron chi connectivity index (χ0n) is 11.3. The van der Waals surface area contributed by atoms with E-state index in [-0.39, 0.29) is 0 Å². The lowest BCUT2D eigenvalue weighted by Crippen LogP contribution is -2.25. The highest BCUT2D eigenvalue weighted by atomic mass is 35.5. The van der Waals surface area contributed by atoms with Crippen LogP contribution in [-0.4, -0.2) is 24.1 Å². The van der Waals surface area contributed by atoms with Crippen LogP contribution in [0.1, 0.15) is 31.7 Å². The molecule has 0 bridgehead atoms. The van der Waals surface area contributed by atoms with Gasteiger partial charge in [-0.25, -0.2) is 4.98 Å². The van der Waals surface area contributed by atoms with E-state index in [1.54, 1.807) is 6.20 Å². The van der Waals surface area contributed by atoms with Crippen molar-refractivity contribution in [2.75, 3.05) is 18.0 Å². The Hall–Kier alpha value is -1.24. The Morgan fingerprint density at radius 2 is 2.37 bits per heavy atom. The average Bonchev–Trinajstić information content (AvgIpc) is 3.22. The summed E-state index contributed by atoms with van der Waals surface area (Å²) in [6.07, 6.45) is 10.7. The van der Waals surface area contributed by atoms with Crippen molar-refractivity contribution in [3.63, 3.8) is 0 Å². The third kappa shape index (κ3) is 4.12. The molecule has 1 aromatic rings. The molecule has 2 rings (SSSR count). The highest BCUT2D eigenvalue weighted by Crippen LogP contribution is 2.23. The van der Waals surface area contributed by atoms with Crippen LogP contribution in [0.5, 0.6) is 0 Å². The molecule has 0 radical (unpaired) electrons. The van der Waals surface area contributed by atoms with Gasteiger partial charge in [-0.05, 0) is 30.9 Å². The van der Waals surface area contributed by atoms with E-state index in [9.17, 15) is 0 Å². The fourth-order valence-electron chi connectivity index (χ4n) is 1.97. The van der Waals surface area contributed by atoms with Crippen molar-refractivity contribution in [2.45, 2.75) is 38.8 Å². The molecule has 3 nitrogen and oxygen atoms in total. The quantitative estimate of drug-likeness (QED) is 0.777. The van der Waals surface area contributed by atoms with Gasteiger partial charge in [0.1, 0.15) is 5.82 Å². The first-order valence-electron chi connectivity index (χ1n) is 6.80. The van der Waals surface area contributed by atoms with Gasteiger partial charge in [-0.15, -0.1) is 6.42 Å². The van der Waals surface area contributed by atoms with Gasteiger partial charge in [-0.3, -0.25) is 0 Å². The van der Waals surface area contributed by atoms with Crippen LogP contribution in [0.25, 0.3) is 0 Å². The van der Waals surface area contributed by atoms with Gasteiger partial charge in [0.2, 0.25) is 0 Å². The third-order valence-electron chi connectivity index (χ3n) is 3.18. The SMILES string of the molecule is C#CCN(CCC)c1cc(CNC2CC2)c(Cl)cn1. The smallest absolute Gasteiger partial charge is 0.129 e. The Balaban J connectivity index is 2.10. The first kappa shape index (κ1) is 14.2. The molecule has 1 fully saturated rings. The maximum Gasteiger partial charge on any atom is 0.129 e. The van der Waals surface area contributed by atoms with Gasteiger partial charge < -0.3 is 10.2 Å². The van der Waals surface area contributed by atoms with Gasteiger partial charge in [0.15, 0.2) is 0 Å². The Bertz CT molecular complexity index is 463. The molecule has 0 spiro atoms. The zero-order chi connectivity index (χ0) is 13.7. The van der Waals surface area contributed by atoms with Crippen molar-refractivity contribution in [1.82, 2.24) is 10.3 Å². The van der Waals surface area contributed by atoms with Crippen molar-refractivity contribution in [3.8, 4) is 12.3 Å². The average molecular weight is 278 g/mol. The van der Waals surface area contributed by atoms with E-state index < -0.39 is 0 Å². The first-order chi connectivity index (χ1) is 9.24. The lowest BCUT2D eigenvalue weighted by molar-refractivity contribution is 0.686. The summed E-state index contributed by atoms with van der Waals surface area (Å²) in [5, 5.41) is 4.19. The number of hydrogen-bond donors (Lipinski definition) is 1. The van der Waals surface area contributed by atoms with Crippen LogP contribution >= 0.6 is 11.6 Å². The molecule has 1 aliphatic carbocycles. The topological polar surface area (TPSA) is 28.2 Å². The largest absolute Gasteiger partial charge is 0.345 e. The van der Waals surface area contributed by atoms with E-state index in [2.05, 4.69) is 28.0 Å². The van der Waals surface area contributed by atoms with Crippen LogP contribution < -0.4 is 10.2 Å². The second kappa shape index (κ2) is 6.79. The van der Waals surface area contributed by atoms with Gasteiger partial charge in [-0.2, -0.15) is 0 Å². The molecule has 1 N–H and O–H groups in total. The highest BCUT2D eigenvalue weighted by molar-refractivity contribution is 6.31. The van der Waals surface area contributed by atoms with E-state index >= 15 is 0 Å². The predicted molar refractivity (Wildman–Crippen MR) is 80.4 cm³/mol. The summed E-state index contributed by atoms with van der Waals surface area (Å²) in [7, 11) is 0. The molecule has 1 aliphatic rings. The minimum atomic E-state index is 0.581. The van der Waals surface area contributed by atoms with Crippen LogP contribution in [0, 0.1) is 12.3 Å².